The van der Waals surface area contributed by atoms with E-state index in [0.29, 0.717) is 12.0 Å². The van der Waals surface area contributed by atoms with Crippen molar-refractivity contribution < 1.29 is 0 Å². The van der Waals surface area contributed by atoms with Crippen molar-refractivity contribution in [3.05, 3.63) is 24.2 Å². The van der Waals surface area contributed by atoms with Crippen molar-refractivity contribution in [2.75, 3.05) is 6.54 Å². The largest absolute Gasteiger partial charge is 0.314 e. The van der Waals surface area contributed by atoms with Gasteiger partial charge in [0.25, 0.3) is 0 Å². The molecule has 17 heavy (non-hydrogen) atoms. The Labute approximate surface area is 101 Å². The number of hydrogen-bond acceptors (Lipinski definition) is 3. The van der Waals surface area contributed by atoms with Crippen molar-refractivity contribution in [3.63, 3.8) is 0 Å². The van der Waals surface area contributed by atoms with E-state index in [1.807, 2.05) is 18.3 Å². The highest BCUT2D eigenvalue weighted by atomic mass is 15.1. The summed E-state index contributed by atoms with van der Waals surface area (Å²) in [6, 6.07) is 4.51. The molecule has 2 aromatic heterocycles. The SMILES string of the molecule is CCn1c(C2CCNC2C)nc2cccnc21. The van der Waals surface area contributed by atoms with Gasteiger partial charge in [-0.3, -0.25) is 0 Å². The zero-order valence-corrected chi connectivity index (χ0v) is 10.3. The van der Waals surface area contributed by atoms with Crippen LogP contribution in [-0.2, 0) is 6.54 Å². The summed E-state index contributed by atoms with van der Waals surface area (Å²) in [5.74, 6) is 1.71. The number of imidazole rings is 1. The van der Waals surface area contributed by atoms with Crippen molar-refractivity contribution in [3.8, 4) is 0 Å². The maximum atomic E-state index is 4.78. The number of rotatable bonds is 2. The summed E-state index contributed by atoms with van der Waals surface area (Å²) in [6.07, 6.45) is 3.01. The van der Waals surface area contributed by atoms with E-state index in [4.69, 9.17) is 4.98 Å². The molecule has 2 atom stereocenters. The van der Waals surface area contributed by atoms with Crippen molar-refractivity contribution in [2.24, 2.45) is 0 Å². The van der Waals surface area contributed by atoms with E-state index in [0.717, 1.165) is 24.3 Å². The van der Waals surface area contributed by atoms with Gasteiger partial charge in [-0.25, -0.2) is 9.97 Å². The van der Waals surface area contributed by atoms with E-state index in [9.17, 15) is 0 Å². The molecule has 0 aromatic carbocycles. The summed E-state index contributed by atoms with van der Waals surface area (Å²) in [5, 5.41) is 3.49. The van der Waals surface area contributed by atoms with Gasteiger partial charge in [-0.15, -0.1) is 0 Å². The molecule has 2 unspecified atom stereocenters. The molecule has 0 amide bonds. The van der Waals surface area contributed by atoms with Crippen LogP contribution in [0.4, 0.5) is 0 Å². The van der Waals surface area contributed by atoms with Crippen LogP contribution in [0.3, 0.4) is 0 Å². The zero-order chi connectivity index (χ0) is 11.8. The minimum Gasteiger partial charge on any atom is -0.314 e. The average Bonchev–Trinajstić information content (AvgIpc) is 2.91. The normalized spacial score (nSPS) is 24.6. The molecular weight excluding hydrogens is 212 g/mol. The second kappa shape index (κ2) is 4.11. The van der Waals surface area contributed by atoms with E-state index < -0.39 is 0 Å². The molecule has 0 spiro atoms. The average molecular weight is 230 g/mol. The third-order valence-electron chi connectivity index (χ3n) is 3.71. The number of nitrogens with zero attached hydrogens (tertiary/aromatic N) is 3. The molecule has 1 saturated heterocycles. The van der Waals surface area contributed by atoms with Crippen LogP contribution in [-0.4, -0.2) is 27.1 Å². The van der Waals surface area contributed by atoms with E-state index >= 15 is 0 Å². The molecule has 1 fully saturated rings. The predicted octanol–water partition coefficient (Wildman–Crippen LogP) is 1.92. The lowest BCUT2D eigenvalue weighted by Crippen LogP contribution is -2.23. The van der Waals surface area contributed by atoms with E-state index in [-0.39, 0.29) is 0 Å². The Hall–Kier alpha value is -1.42. The molecule has 3 heterocycles. The second-order valence-corrected chi connectivity index (χ2v) is 4.70. The zero-order valence-electron chi connectivity index (χ0n) is 10.3. The summed E-state index contributed by atoms with van der Waals surface area (Å²) >= 11 is 0. The van der Waals surface area contributed by atoms with E-state index in [2.05, 4.69) is 28.7 Å². The highest BCUT2D eigenvalue weighted by Crippen LogP contribution is 2.29. The van der Waals surface area contributed by atoms with Gasteiger partial charge in [0.05, 0.1) is 0 Å². The molecule has 1 aliphatic rings. The molecule has 1 N–H and O–H groups in total. The molecule has 4 heteroatoms. The van der Waals surface area contributed by atoms with Crippen LogP contribution >= 0.6 is 0 Å². The van der Waals surface area contributed by atoms with Gasteiger partial charge in [0.2, 0.25) is 0 Å². The highest BCUT2D eigenvalue weighted by molar-refractivity contribution is 5.71. The lowest BCUT2D eigenvalue weighted by atomic mass is 10.0. The smallest absolute Gasteiger partial charge is 0.159 e. The molecule has 2 aromatic rings. The summed E-state index contributed by atoms with van der Waals surface area (Å²) in [7, 11) is 0. The maximum Gasteiger partial charge on any atom is 0.159 e. The first-order chi connectivity index (χ1) is 8.31. The summed E-state index contributed by atoms with van der Waals surface area (Å²) in [6.45, 7) is 6.43. The van der Waals surface area contributed by atoms with Crippen molar-refractivity contribution in [1.29, 1.82) is 0 Å². The van der Waals surface area contributed by atoms with Crippen molar-refractivity contribution in [1.82, 2.24) is 19.9 Å². The number of pyridine rings is 1. The maximum absolute atomic E-state index is 4.78. The molecular formula is C13H18N4. The van der Waals surface area contributed by atoms with Gasteiger partial charge in [0.15, 0.2) is 5.65 Å². The third kappa shape index (κ3) is 1.63. The van der Waals surface area contributed by atoms with Crippen molar-refractivity contribution >= 4 is 11.2 Å². The Balaban J connectivity index is 2.15. The third-order valence-corrected chi connectivity index (χ3v) is 3.71. The molecule has 0 aliphatic carbocycles. The highest BCUT2D eigenvalue weighted by Gasteiger charge is 2.29. The van der Waals surface area contributed by atoms with E-state index in [1.54, 1.807) is 0 Å². The molecule has 4 nitrogen and oxygen atoms in total. The molecule has 1 aliphatic heterocycles. The Morgan fingerprint density at radius 1 is 1.53 bits per heavy atom. The van der Waals surface area contributed by atoms with Crippen LogP contribution in [0.15, 0.2) is 18.3 Å². The first-order valence-corrected chi connectivity index (χ1v) is 6.35. The molecule has 3 rings (SSSR count). The Kier molecular flexibility index (Phi) is 2.59. The van der Waals surface area contributed by atoms with Crippen molar-refractivity contribution in [2.45, 2.75) is 38.8 Å². The van der Waals surface area contributed by atoms with Gasteiger partial charge in [0.1, 0.15) is 11.3 Å². The first kappa shape index (κ1) is 10.7. The number of fused-ring (bicyclic) bond motifs is 1. The second-order valence-electron chi connectivity index (χ2n) is 4.70. The first-order valence-electron chi connectivity index (χ1n) is 6.35. The number of nitrogens with one attached hydrogen (secondary N) is 1. The Morgan fingerprint density at radius 2 is 2.41 bits per heavy atom. The van der Waals surface area contributed by atoms with Crippen LogP contribution in [0, 0.1) is 0 Å². The van der Waals surface area contributed by atoms with Crippen LogP contribution in [0.2, 0.25) is 0 Å². The summed E-state index contributed by atoms with van der Waals surface area (Å²) in [5.41, 5.74) is 2.03. The quantitative estimate of drug-likeness (QED) is 0.857. The van der Waals surface area contributed by atoms with E-state index in [1.165, 1.54) is 12.2 Å². The fourth-order valence-electron chi connectivity index (χ4n) is 2.78. The van der Waals surface area contributed by atoms with Gasteiger partial charge < -0.3 is 9.88 Å². The number of aromatic nitrogens is 3. The van der Waals surface area contributed by atoms with Crippen LogP contribution in [0.1, 0.15) is 32.0 Å². The molecule has 0 bridgehead atoms. The van der Waals surface area contributed by atoms with Crippen LogP contribution in [0.25, 0.3) is 11.2 Å². The molecule has 0 radical (unpaired) electrons. The van der Waals surface area contributed by atoms with Crippen LogP contribution < -0.4 is 5.32 Å². The van der Waals surface area contributed by atoms with Gasteiger partial charge in [-0.1, -0.05) is 0 Å². The fraction of sp³-hybridized carbons (Fsp3) is 0.538. The summed E-state index contributed by atoms with van der Waals surface area (Å²) in [4.78, 5) is 9.23. The molecule has 90 valence electrons. The standard InChI is InChI=1S/C13H18N4/c1-3-17-12(10-6-8-14-9(10)2)16-11-5-4-7-15-13(11)17/h4-5,7,9-10,14H,3,6,8H2,1-2H3. The topological polar surface area (TPSA) is 42.7 Å². The number of aryl methyl sites for hydroxylation is 1. The van der Waals surface area contributed by atoms with Gasteiger partial charge in [-0.05, 0) is 38.9 Å². The minimum absolute atomic E-state index is 0.511. The summed E-state index contributed by atoms with van der Waals surface area (Å²) < 4.78 is 2.25. The van der Waals surface area contributed by atoms with Crippen LogP contribution in [0.5, 0.6) is 0 Å². The Bertz CT molecular complexity index is 531. The molecule has 0 saturated carbocycles. The minimum atomic E-state index is 0.511. The lowest BCUT2D eigenvalue weighted by Gasteiger charge is -2.15. The number of hydrogen-bond donors (Lipinski definition) is 1. The monoisotopic (exact) mass is 230 g/mol. The van der Waals surface area contributed by atoms with Gasteiger partial charge in [0, 0.05) is 24.7 Å². The lowest BCUT2D eigenvalue weighted by molar-refractivity contribution is 0.541. The predicted molar refractivity (Wildman–Crippen MR) is 68.0 cm³/mol. The Morgan fingerprint density at radius 3 is 3.12 bits per heavy atom. The fourth-order valence-corrected chi connectivity index (χ4v) is 2.78. The van der Waals surface area contributed by atoms with Gasteiger partial charge >= 0.3 is 0 Å². The van der Waals surface area contributed by atoms with Gasteiger partial charge in [-0.2, -0.15) is 0 Å².